The fraction of sp³-hybridized carbons (Fsp3) is 0.500. The molecule has 1 aromatic rings. The summed E-state index contributed by atoms with van der Waals surface area (Å²) in [6, 6.07) is 3.41. The van der Waals surface area contributed by atoms with Gasteiger partial charge in [-0.2, -0.15) is 22.0 Å². The quantitative estimate of drug-likeness (QED) is 0.437. The lowest BCUT2D eigenvalue weighted by atomic mass is 10.00. The Kier molecular flexibility index (Phi) is 5.31. The minimum absolute atomic E-state index is 0.0120. The van der Waals surface area contributed by atoms with Crippen LogP contribution in [-0.2, 0) is 0 Å². The Balaban J connectivity index is 2.97. The van der Waals surface area contributed by atoms with Crippen molar-refractivity contribution in [2.45, 2.75) is 38.8 Å². The van der Waals surface area contributed by atoms with Crippen molar-refractivity contribution in [3.05, 3.63) is 29.3 Å². The number of hydrogen-bond acceptors (Lipinski definition) is 2. The molecule has 0 saturated heterocycles. The Morgan fingerprint density at radius 2 is 1.81 bits per heavy atom. The van der Waals surface area contributed by atoms with Gasteiger partial charge in [0.2, 0.25) is 5.78 Å². The fourth-order valence-corrected chi connectivity index (χ4v) is 1.61. The average Bonchev–Trinajstić information content (AvgIpc) is 2.37. The predicted molar refractivity (Wildman–Crippen MR) is 66.9 cm³/mol. The first-order valence-electron chi connectivity index (χ1n) is 6.34. The van der Waals surface area contributed by atoms with E-state index in [0.717, 1.165) is 18.9 Å². The van der Waals surface area contributed by atoms with Crippen LogP contribution in [0.4, 0.5) is 22.0 Å². The average molecular weight is 310 g/mol. The maximum atomic E-state index is 13.0. The largest absolute Gasteiger partial charge is 0.494 e. The van der Waals surface area contributed by atoms with E-state index in [2.05, 4.69) is 0 Å². The molecule has 21 heavy (non-hydrogen) atoms. The predicted octanol–water partition coefficient (Wildman–Crippen LogP) is 4.55. The zero-order valence-corrected chi connectivity index (χ0v) is 11.6. The molecular weight excluding hydrogens is 295 g/mol. The van der Waals surface area contributed by atoms with E-state index in [-0.39, 0.29) is 5.56 Å². The van der Waals surface area contributed by atoms with E-state index in [4.69, 9.17) is 4.74 Å². The molecule has 0 saturated carbocycles. The summed E-state index contributed by atoms with van der Waals surface area (Å²) < 4.78 is 67.9. The molecule has 0 spiro atoms. The van der Waals surface area contributed by atoms with Crippen LogP contribution in [0.1, 0.15) is 35.7 Å². The van der Waals surface area contributed by atoms with E-state index in [1.54, 1.807) is 0 Å². The molecule has 0 amide bonds. The van der Waals surface area contributed by atoms with Gasteiger partial charge in [-0.05, 0) is 37.1 Å². The Labute approximate surface area is 118 Å². The number of alkyl halides is 5. The van der Waals surface area contributed by atoms with Gasteiger partial charge in [0.1, 0.15) is 5.75 Å². The van der Waals surface area contributed by atoms with Crippen LogP contribution >= 0.6 is 0 Å². The third-order valence-electron chi connectivity index (χ3n) is 2.85. The van der Waals surface area contributed by atoms with E-state index in [0.29, 0.717) is 12.4 Å². The topological polar surface area (TPSA) is 26.3 Å². The lowest BCUT2D eigenvalue weighted by Crippen LogP contribution is -2.44. The smallest absolute Gasteiger partial charge is 0.461 e. The van der Waals surface area contributed by atoms with Crippen molar-refractivity contribution >= 4 is 5.78 Å². The number of ketones is 1. The molecule has 0 aromatic heterocycles. The molecule has 7 heteroatoms. The molecule has 0 aliphatic carbocycles. The van der Waals surface area contributed by atoms with Crippen LogP contribution in [0.3, 0.4) is 0 Å². The second kappa shape index (κ2) is 6.41. The van der Waals surface area contributed by atoms with Gasteiger partial charge in [0.25, 0.3) is 0 Å². The Morgan fingerprint density at radius 1 is 1.19 bits per heavy atom. The minimum Gasteiger partial charge on any atom is -0.494 e. The maximum absolute atomic E-state index is 13.0. The summed E-state index contributed by atoms with van der Waals surface area (Å²) in [5.41, 5.74) is -0.655. The number of carbonyl (C=O) groups excluding carboxylic acids is 1. The molecule has 0 aliphatic heterocycles. The van der Waals surface area contributed by atoms with Crippen molar-refractivity contribution in [2.75, 3.05) is 6.61 Å². The van der Waals surface area contributed by atoms with E-state index < -0.39 is 23.4 Å². The highest BCUT2D eigenvalue weighted by molar-refractivity contribution is 6.03. The van der Waals surface area contributed by atoms with Gasteiger partial charge >= 0.3 is 12.1 Å². The molecule has 0 fully saturated rings. The zero-order chi connectivity index (χ0) is 16.3. The number of halogens is 5. The van der Waals surface area contributed by atoms with E-state index in [1.165, 1.54) is 19.1 Å². The number of carbonyl (C=O) groups is 1. The number of ether oxygens (including phenoxy) is 1. The molecule has 0 bridgehead atoms. The van der Waals surface area contributed by atoms with E-state index in [1.807, 2.05) is 6.92 Å². The summed E-state index contributed by atoms with van der Waals surface area (Å²) >= 11 is 0. The second-order valence-corrected chi connectivity index (χ2v) is 4.58. The lowest BCUT2D eigenvalue weighted by molar-refractivity contribution is -0.255. The first kappa shape index (κ1) is 17.4. The molecule has 1 rings (SSSR count). The van der Waals surface area contributed by atoms with Crippen LogP contribution in [0.2, 0.25) is 0 Å². The minimum atomic E-state index is -5.91. The van der Waals surface area contributed by atoms with Gasteiger partial charge < -0.3 is 4.74 Å². The summed E-state index contributed by atoms with van der Waals surface area (Å²) in [4.78, 5) is 11.4. The lowest BCUT2D eigenvalue weighted by Gasteiger charge is -2.19. The fourth-order valence-electron chi connectivity index (χ4n) is 1.61. The van der Waals surface area contributed by atoms with Crippen LogP contribution in [0.5, 0.6) is 5.75 Å². The van der Waals surface area contributed by atoms with Crippen LogP contribution in [0.15, 0.2) is 18.2 Å². The highest BCUT2D eigenvalue weighted by Crippen LogP contribution is 2.38. The van der Waals surface area contributed by atoms with E-state index in [9.17, 15) is 26.7 Å². The highest BCUT2D eigenvalue weighted by Gasteiger charge is 2.63. The van der Waals surface area contributed by atoms with Gasteiger partial charge in [-0.25, -0.2) is 0 Å². The molecule has 118 valence electrons. The third-order valence-corrected chi connectivity index (χ3v) is 2.85. The van der Waals surface area contributed by atoms with Crippen molar-refractivity contribution in [3.63, 3.8) is 0 Å². The summed E-state index contributed by atoms with van der Waals surface area (Å²) in [5, 5.41) is 0. The molecule has 0 radical (unpaired) electrons. The van der Waals surface area contributed by atoms with E-state index >= 15 is 0 Å². The summed E-state index contributed by atoms with van der Waals surface area (Å²) in [6.07, 6.45) is -4.23. The number of Topliss-reactive ketones (excluding diaryl/α,β-unsaturated/α-hetero) is 1. The van der Waals surface area contributed by atoms with Crippen LogP contribution in [0, 0.1) is 6.92 Å². The number of unbranched alkanes of at least 4 members (excludes halogenated alkanes) is 1. The normalized spacial score (nSPS) is 12.3. The van der Waals surface area contributed by atoms with Gasteiger partial charge in [0.15, 0.2) is 0 Å². The molecule has 0 aliphatic rings. The van der Waals surface area contributed by atoms with Gasteiger partial charge in [0, 0.05) is 5.56 Å². The number of hydrogen-bond donors (Lipinski definition) is 0. The van der Waals surface area contributed by atoms with Gasteiger partial charge in [-0.1, -0.05) is 13.3 Å². The van der Waals surface area contributed by atoms with Crippen LogP contribution in [0.25, 0.3) is 0 Å². The second-order valence-electron chi connectivity index (χ2n) is 4.58. The summed E-state index contributed by atoms with van der Waals surface area (Å²) in [6.45, 7) is 3.64. The molecule has 1 aromatic carbocycles. The SMILES string of the molecule is CCCCOc1ccc(C(=O)C(F)(F)C(F)(F)F)c(C)c1. The van der Waals surface area contributed by atoms with Crippen molar-refractivity contribution in [1.82, 2.24) is 0 Å². The molecular formula is C14H15F5O2. The standard InChI is InChI=1S/C14H15F5O2/c1-3-4-7-21-10-5-6-11(9(2)8-10)12(20)13(15,16)14(17,18)19/h5-6,8H,3-4,7H2,1-2H3. The number of aryl methyl sites for hydroxylation is 1. The molecule has 0 atom stereocenters. The first-order chi connectivity index (χ1) is 9.61. The Bertz CT molecular complexity index is 509. The van der Waals surface area contributed by atoms with Gasteiger partial charge in [-0.3, -0.25) is 4.79 Å². The number of benzene rings is 1. The molecule has 2 nitrogen and oxygen atoms in total. The van der Waals surface area contributed by atoms with Crippen molar-refractivity contribution in [1.29, 1.82) is 0 Å². The van der Waals surface area contributed by atoms with Crippen molar-refractivity contribution in [3.8, 4) is 5.75 Å². The molecule has 0 unspecified atom stereocenters. The van der Waals surface area contributed by atoms with Crippen molar-refractivity contribution < 1.29 is 31.5 Å². The van der Waals surface area contributed by atoms with Crippen LogP contribution in [-0.4, -0.2) is 24.5 Å². The summed E-state index contributed by atoms with van der Waals surface area (Å²) in [7, 11) is 0. The molecule has 0 heterocycles. The Hall–Kier alpha value is -1.66. The zero-order valence-electron chi connectivity index (χ0n) is 11.6. The summed E-state index contributed by atoms with van der Waals surface area (Å²) in [5.74, 6) is -7.33. The first-order valence-corrected chi connectivity index (χ1v) is 6.34. The van der Waals surface area contributed by atoms with Crippen molar-refractivity contribution in [2.24, 2.45) is 0 Å². The third kappa shape index (κ3) is 3.92. The van der Waals surface area contributed by atoms with Gasteiger partial charge in [-0.15, -0.1) is 0 Å². The highest BCUT2D eigenvalue weighted by atomic mass is 19.4. The monoisotopic (exact) mass is 310 g/mol. The maximum Gasteiger partial charge on any atom is 0.461 e. The Morgan fingerprint density at radius 3 is 2.29 bits per heavy atom. The number of rotatable bonds is 6. The van der Waals surface area contributed by atoms with Gasteiger partial charge in [0.05, 0.1) is 6.61 Å². The molecule has 0 N–H and O–H groups in total. The van der Waals surface area contributed by atoms with Crippen LogP contribution < -0.4 is 4.74 Å².